The van der Waals surface area contributed by atoms with E-state index in [2.05, 4.69) is 17.9 Å². The Bertz CT molecular complexity index is 597. The molecule has 138 valence electrons. The van der Waals surface area contributed by atoms with Crippen molar-refractivity contribution >= 4 is 47.7 Å². The molecule has 0 saturated heterocycles. The van der Waals surface area contributed by atoms with Crippen LogP contribution >= 0.6 is 24.8 Å². The highest BCUT2D eigenvalue weighted by molar-refractivity contribution is 7.81. The van der Waals surface area contributed by atoms with Crippen molar-refractivity contribution in [3.8, 4) is 0 Å². The van der Waals surface area contributed by atoms with Crippen LogP contribution in [-0.4, -0.2) is 56.1 Å². The largest absolute Gasteiger partial charge is 0.481 e. The van der Waals surface area contributed by atoms with Crippen LogP contribution in [0.25, 0.3) is 0 Å². The Kier molecular flexibility index (Phi) is 11.2. The number of carbonyl (C=O) groups is 3. The van der Waals surface area contributed by atoms with E-state index in [-0.39, 0.29) is 18.6 Å². The van der Waals surface area contributed by atoms with Gasteiger partial charge in [0.05, 0.1) is 0 Å². The van der Waals surface area contributed by atoms with Crippen LogP contribution in [0, 0.1) is 0 Å². The summed E-state index contributed by atoms with van der Waals surface area (Å²) in [5.41, 5.74) is 5.81. The molecule has 6 N–H and O–H groups in total. The Labute approximate surface area is 155 Å². The van der Waals surface area contributed by atoms with E-state index in [0.29, 0.717) is 4.99 Å². The zero-order valence-electron chi connectivity index (χ0n) is 13.2. The summed E-state index contributed by atoms with van der Waals surface area (Å²) in [7, 11) is 0. The molecule has 0 spiro atoms. The standard InChI is InChI=1S/C10H11NO2S2.C5H9NO4/c12-10(13)8(6-14)11-9(15)7-4-2-1-3-5-7;6-3(5(9)10)1-2-4(7)8/h1-5,8,14H,6H2,(H,11,15)(H,12,13);3H,1-2,6H2,(H,7,8)(H,9,10)/t8-;3-/m00/s1. The average molecular weight is 388 g/mol. The average Bonchev–Trinajstić information content (AvgIpc) is 2.58. The third-order valence-corrected chi connectivity index (χ3v) is 3.53. The van der Waals surface area contributed by atoms with E-state index in [4.69, 9.17) is 33.3 Å². The van der Waals surface area contributed by atoms with E-state index in [9.17, 15) is 14.4 Å². The minimum atomic E-state index is -1.17. The van der Waals surface area contributed by atoms with Gasteiger partial charge in [0.1, 0.15) is 17.1 Å². The number of hydrogen-bond acceptors (Lipinski definition) is 6. The first-order valence-electron chi connectivity index (χ1n) is 7.08. The van der Waals surface area contributed by atoms with Crippen molar-refractivity contribution in [3.05, 3.63) is 35.9 Å². The lowest BCUT2D eigenvalue weighted by molar-refractivity contribution is -0.140. The summed E-state index contributed by atoms with van der Waals surface area (Å²) >= 11 is 9.01. The SMILES string of the molecule is N[C@@H](CCC(=O)O)C(=O)O.O=C(O)[C@H](CS)NC(=S)c1ccccc1. The van der Waals surface area contributed by atoms with Crippen LogP contribution < -0.4 is 11.1 Å². The van der Waals surface area contributed by atoms with Crippen molar-refractivity contribution in [2.24, 2.45) is 5.73 Å². The van der Waals surface area contributed by atoms with Crippen LogP contribution in [0.5, 0.6) is 0 Å². The number of thiol groups is 1. The van der Waals surface area contributed by atoms with Crippen molar-refractivity contribution in [1.29, 1.82) is 0 Å². The number of nitrogens with two attached hydrogens (primary N) is 1. The van der Waals surface area contributed by atoms with E-state index in [1.807, 2.05) is 30.3 Å². The van der Waals surface area contributed by atoms with Crippen molar-refractivity contribution in [2.45, 2.75) is 24.9 Å². The van der Waals surface area contributed by atoms with Crippen LogP contribution in [0.2, 0.25) is 0 Å². The zero-order chi connectivity index (χ0) is 19.4. The lowest BCUT2D eigenvalue weighted by Crippen LogP contribution is -2.41. The molecule has 25 heavy (non-hydrogen) atoms. The predicted octanol–water partition coefficient (Wildman–Crippen LogP) is 0.598. The number of carboxylic acids is 3. The van der Waals surface area contributed by atoms with Crippen LogP contribution in [0.4, 0.5) is 0 Å². The van der Waals surface area contributed by atoms with Gasteiger partial charge < -0.3 is 26.4 Å². The van der Waals surface area contributed by atoms with Gasteiger partial charge in [0.2, 0.25) is 0 Å². The molecule has 1 aromatic rings. The highest BCUT2D eigenvalue weighted by Crippen LogP contribution is 2.01. The minimum absolute atomic E-state index is 0.0231. The number of thiocarbonyl (C=S) groups is 1. The van der Waals surface area contributed by atoms with Gasteiger partial charge >= 0.3 is 17.9 Å². The smallest absolute Gasteiger partial charge is 0.326 e. The number of rotatable bonds is 8. The Morgan fingerprint density at radius 1 is 1.12 bits per heavy atom. The molecule has 0 saturated carbocycles. The Hall–Kier alpha value is -2.17. The first-order chi connectivity index (χ1) is 11.7. The predicted molar refractivity (Wildman–Crippen MR) is 99.0 cm³/mol. The second-order valence-electron chi connectivity index (χ2n) is 4.79. The molecule has 0 heterocycles. The van der Waals surface area contributed by atoms with Gasteiger partial charge in [-0.3, -0.25) is 9.59 Å². The third kappa shape index (κ3) is 10.3. The van der Waals surface area contributed by atoms with Crippen LogP contribution in [0.1, 0.15) is 18.4 Å². The summed E-state index contributed by atoms with van der Waals surface area (Å²) in [6, 6.07) is 7.41. The molecule has 1 rings (SSSR count). The quantitative estimate of drug-likeness (QED) is 0.278. The van der Waals surface area contributed by atoms with Crippen LogP contribution in [0.3, 0.4) is 0 Å². The van der Waals surface area contributed by atoms with Crippen molar-refractivity contribution in [1.82, 2.24) is 5.32 Å². The molecule has 2 atom stereocenters. The second kappa shape index (κ2) is 12.2. The number of carboxylic acid groups (broad SMARTS) is 3. The molecule has 0 aliphatic rings. The fourth-order valence-electron chi connectivity index (χ4n) is 1.42. The van der Waals surface area contributed by atoms with Gasteiger partial charge in [0.15, 0.2) is 0 Å². The highest BCUT2D eigenvalue weighted by Gasteiger charge is 2.16. The Morgan fingerprint density at radius 3 is 2.08 bits per heavy atom. The molecule has 8 nitrogen and oxygen atoms in total. The lowest BCUT2D eigenvalue weighted by Gasteiger charge is -2.13. The van der Waals surface area contributed by atoms with Gasteiger partial charge in [-0.2, -0.15) is 12.6 Å². The molecule has 0 aliphatic heterocycles. The minimum Gasteiger partial charge on any atom is -0.481 e. The fraction of sp³-hybridized carbons (Fsp3) is 0.333. The second-order valence-corrected chi connectivity index (χ2v) is 5.56. The molecule has 0 bridgehead atoms. The van der Waals surface area contributed by atoms with E-state index in [0.717, 1.165) is 5.56 Å². The molecule has 10 heteroatoms. The molecular weight excluding hydrogens is 368 g/mol. The normalized spacial score (nSPS) is 12.1. The van der Waals surface area contributed by atoms with E-state index >= 15 is 0 Å². The number of nitrogens with one attached hydrogen (secondary N) is 1. The summed E-state index contributed by atoms with van der Waals surface area (Å²) in [6.45, 7) is 0. The monoisotopic (exact) mass is 388 g/mol. The van der Waals surface area contributed by atoms with Crippen LogP contribution in [0.15, 0.2) is 30.3 Å². The number of aliphatic carboxylic acids is 3. The van der Waals surface area contributed by atoms with Gasteiger partial charge in [-0.15, -0.1) is 0 Å². The van der Waals surface area contributed by atoms with Gasteiger partial charge in [0.25, 0.3) is 0 Å². The molecule has 0 fully saturated rings. The molecule has 0 aromatic heterocycles. The fourth-order valence-corrected chi connectivity index (χ4v) is 1.94. The van der Waals surface area contributed by atoms with E-state index in [1.54, 1.807) is 0 Å². The molecule has 0 unspecified atom stereocenters. The summed E-state index contributed by atoms with van der Waals surface area (Å²) in [5.74, 6) is -2.95. The first-order valence-corrected chi connectivity index (χ1v) is 8.12. The summed E-state index contributed by atoms with van der Waals surface area (Å²) in [6.07, 6.45) is -0.224. The van der Waals surface area contributed by atoms with Gasteiger partial charge in [-0.1, -0.05) is 42.5 Å². The lowest BCUT2D eigenvalue weighted by atomic mass is 10.2. The van der Waals surface area contributed by atoms with Crippen molar-refractivity contribution < 1.29 is 29.7 Å². The van der Waals surface area contributed by atoms with E-state index < -0.39 is 30.0 Å². The third-order valence-electron chi connectivity index (χ3n) is 2.81. The van der Waals surface area contributed by atoms with Gasteiger partial charge in [-0.25, -0.2) is 4.79 Å². The number of hydrogen-bond donors (Lipinski definition) is 6. The maximum absolute atomic E-state index is 10.7. The zero-order valence-corrected chi connectivity index (χ0v) is 14.9. The number of benzene rings is 1. The Morgan fingerprint density at radius 2 is 1.68 bits per heavy atom. The molecular formula is C15H20N2O6S2. The summed E-state index contributed by atoms with van der Waals surface area (Å²) in [5, 5.41) is 27.8. The maximum Gasteiger partial charge on any atom is 0.326 e. The summed E-state index contributed by atoms with van der Waals surface area (Å²) in [4.78, 5) is 31.0. The van der Waals surface area contributed by atoms with Gasteiger partial charge in [-0.05, 0) is 6.42 Å². The summed E-state index contributed by atoms with van der Waals surface area (Å²) < 4.78 is 0. The maximum atomic E-state index is 10.7. The molecule has 0 amide bonds. The molecule has 1 aromatic carbocycles. The van der Waals surface area contributed by atoms with Gasteiger partial charge in [0, 0.05) is 17.7 Å². The molecule has 0 aliphatic carbocycles. The topological polar surface area (TPSA) is 150 Å². The van der Waals surface area contributed by atoms with Crippen molar-refractivity contribution in [2.75, 3.05) is 5.75 Å². The Balaban J connectivity index is 0.000000504. The van der Waals surface area contributed by atoms with E-state index in [1.165, 1.54) is 0 Å². The highest BCUT2D eigenvalue weighted by atomic mass is 32.1. The van der Waals surface area contributed by atoms with Crippen LogP contribution in [-0.2, 0) is 14.4 Å². The molecule has 0 radical (unpaired) electrons. The van der Waals surface area contributed by atoms with Crippen molar-refractivity contribution in [3.63, 3.8) is 0 Å². The first kappa shape index (κ1) is 22.8.